The number of hydrogen-bond acceptors (Lipinski definition) is 5. The van der Waals surface area contributed by atoms with Gasteiger partial charge < -0.3 is 10.6 Å². The second-order valence-electron chi connectivity index (χ2n) is 8.43. The number of likely N-dealkylation sites (tertiary alicyclic amines) is 1. The number of amides is 1. The van der Waals surface area contributed by atoms with Crippen LogP contribution in [0, 0.1) is 11.3 Å². The molecule has 1 amide bonds. The van der Waals surface area contributed by atoms with Gasteiger partial charge in [0.25, 0.3) is 5.91 Å². The van der Waals surface area contributed by atoms with E-state index in [1.807, 2.05) is 0 Å². The van der Waals surface area contributed by atoms with Crippen molar-refractivity contribution in [2.24, 2.45) is 27.1 Å². The van der Waals surface area contributed by atoms with Gasteiger partial charge >= 0.3 is 0 Å². The molecule has 1 unspecified atom stereocenters. The Balaban J connectivity index is 1.22. The van der Waals surface area contributed by atoms with Gasteiger partial charge in [-0.25, -0.2) is 4.99 Å². The molecule has 27 heavy (non-hydrogen) atoms. The van der Waals surface area contributed by atoms with Crippen molar-refractivity contribution in [1.82, 2.24) is 4.90 Å². The summed E-state index contributed by atoms with van der Waals surface area (Å²) in [6, 6.07) is 8.69. The van der Waals surface area contributed by atoms with E-state index in [9.17, 15) is 4.79 Å². The Hall–Kier alpha value is -1.66. The number of thioether (sulfide) groups is 1. The van der Waals surface area contributed by atoms with Crippen molar-refractivity contribution >= 4 is 29.8 Å². The van der Waals surface area contributed by atoms with Crippen molar-refractivity contribution in [3.63, 3.8) is 0 Å². The zero-order chi connectivity index (χ0) is 18.4. The number of benzene rings is 1. The second kappa shape index (κ2) is 6.74. The summed E-state index contributed by atoms with van der Waals surface area (Å²) >= 11 is 1.69. The van der Waals surface area contributed by atoms with Gasteiger partial charge in [-0.3, -0.25) is 4.79 Å². The van der Waals surface area contributed by atoms with Gasteiger partial charge in [-0.2, -0.15) is 4.99 Å². The van der Waals surface area contributed by atoms with Gasteiger partial charge in [0.1, 0.15) is 5.25 Å². The SMILES string of the molecule is N[C@@H]1c2ccccc2CC12CCN(C1=NC(=O)C(SCC3CC3)C=N1)CC2. The summed E-state index contributed by atoms with van der Waals surface area (Å²) in [5, 5.41) is -0.191. The Morgan fingerprint density at radius 1 is 1.22 bits per heavy atom. The molecule has 6 heteroatoms. The van der Waals surface area contributed by atoms with Crippen LogP contribution in [0.4, 0.5) is 0 Å². The van der Waals surface area contributed by atoms with Gasteiger partial charge in [0, 0.05) is 25.3 Å². The fourth-order valence-corrected chi connectivity index (χ4v) is 5.79. The molecule has 4 aliphatic rings. The number of nitrogens with two attached hydrogens (primary N) is 1. The molecule has 2 aliphatic carbocycles. The van der Waals surface area contributed by atoms with Crippen LogP contribution in [0.1, 0.15) is 42.9 Å². The van der Waals surface area contributed by atoms with E-state index in [0.717, 1.165) is 44.0 Å². The maximum atomic E-state index is 12.4. The summed E-state index contributed by atoms with van der Waals surface area (Å²) < 4.78 is 0. The van der Waals surface area contributed by atoms with Crippen LogP contribution >= 0.6 is 11.8 Å². The lowest BCUT2D eigenvalue weighted by Gasteiger charge is -2.42. The third kappa shape index (κ3) is 3.23. The van der Waals surface area contributed by atoms with Crippen LogP contribution in [-0.4, -0.2) is 47.1 Å². The quantitative estimate of drug-likeness (QED) is 0.873. The fraction of sp³-hybridized carbons (Fsp3) is 0.571. The van der Waals surface area contributed by atoms with Crippen LogP contribution in [-0.2, 0) is 11.2 Å². The average Bonchev–Trinajstić information content (AvgIpc) is 3.48. The smallest absolute Gasteiger partial charge is 0.267 e. The molecular weight excluding hydrogens is 356 g/mol. The van der Waals surface area contributed by atoms with Crippen LogP contribution in [0.15, 0.2) is 34.3 Å². The summed E-state index contributed by atoms with van der Waals surface area (Å²) in [4.78, 5) is 23.4. The molecule has 1 saturated carbocycles. The number of carbonyl (C=O) groups excluding carboxylic acids is 1. The topological polar surface area (TPSA) is 71.0 Å². The lowest BCUT2D eigenvalue weighted by molar-refractivity contribution is -0.116. The number of guanidine groups is 1. The summed E-state index contributed by atoms with van der Waals surface area (Å²) in [5.74, 6) is 2.41. The van der Waals surface area contributed by atoms with Gasteiger partial charge in [0.2, 0.25) is 5.96 Å². The first kappa shape index (κ1) is 17.4. The molecule has 2 aliphatic heterocycles. The molecule has 5 rings (SSSR count). The Kier molecular flexibility index (Phi) is 4.36. The minimum Gasteiger partial charge on any atom is -0.341 e. The van der Waals surface area contributed by atoms with E-state index in [1.165, 1.54) is 24.0 Å². The highest BCUT2D eigenvalue weighted by Crippen LogP contribution is 2.50. The van der Waals surface area contributed by atoms with Crippen molar-refractivity contribution in [2.75, 3.05) is 18.8 Å². The molecule has 0 radical (unpaired) electrons. The Labute approximate surface area is 164 Å². The lowest BCUT2D eigenvalue weighted by Crippen LogP contribution is -2.47. The van der Waals surface area contributed by atoms with Crippen LogP contribution in [0.2, 0.25) is 0 Å². The van der Waals surface area contributed by atoms with Crippen LogP contribution in [0.3, 0.4) is 0 Å². The van der Waals surface area contributed by atoms with Crippen LogP contribution < -0.4 is 5.73 Å². The highest BCUT2D eigenvalue weighted by molar-refractivity contribution is 8.01. The maximum Gasteiger partial charge on any atom is 0.267 e. The number of rotatable bonds is 3. The van der Waals surface area contributed by atoms with E-state index < -0.39 is 0 Å². The Bertz CT molecular complexity index is 808. The highest BCUT2D eigenvalue weighted by atomic mass is 32.2. The largest absolute Gasteiger partial charge is 0.341 e. The van der Waals surface area contributed by atoms with Crippen molar-refractivity contribution in [2.45, 2.75) is 43.4 Å². The van der Waals surface area contributed by atoms with E-state index >= 15 is 0 Å². The third-order valence-corrected chi connectivity index (χ3v) is 7.97. The molecule has 2 N–H and O–H groups in total. The maximum absolute atomic E-state index is 12.4. The number of fused-ring (bicyclic) bond motifs is 1. The third-order valence-electron chi connectivity index (χ3n) is 6.62. The molecule has 2 fully saturated rings. The van der Waals surface area contributed by atoms with E-state index in [0.29, 0.717) is 5.96 Å². The van der Waals surface area contributed by atoms with E-state index in [2.05, 4.69) is 39.2 Å². The number of hydrogen-bond donors (Lipinski definition) is 1. The number of nitrogens with zero attached hydrogens (tertiary/aromatic N) is 3. The molecule has 5 nitrogen and oxygen atoms in total. The highest BCUT2D eigenvalue weighted by Gasteiger charge is 2.46. The van der Waals surface area contributed by atoms with Gasteiger partial charge in [-0.15, -0.1) is 11.8 Å². The zero-order valence-corrected chi connectivity index (χ0v) is 16.3. The van der Waals surface area contributed by atoms with E-state index in [4.69, 9.17) is 5.73 Å². The molecule has 1 aromatic rings. The molecule has 142 valence electrons. The number of piperidine rings is 1. The summed E-state index contributed by atoms with van der Waals surface area (Å²) in [7, 11) is 0. The first-order chi connectivity index (χ1) is 13.1. The standard InChI is InChI=1S/C21H26N4OS/c22-18-16-4-2-1-3-15(16)11-21(18)7-9-25(10-8-21)20-23-12-17(19(26)24-20)27-13-14-5-6-14/h1-4,12,14,17-18H,5-11,13,22H2/t17?,18-/m1/s1. The van der Waals surface area contributed by atoms with Crippen molar-refractivity contribution < 1.29 is 4.79 Å². The van der Waals surface area contributed by atoms with Gasteiger partial charge in [0.05, 0.1) is 0 Å². The normalized spacial score (nSPS) is 29.1. The predicted molar refractivity (Wildman–Crippen MR) is 110 cm³/mol. The van der Waals surface area contributed by atoms with Gasteiger partial charge in [-0.05, 0) is 60.3 Å². The molecule has 0 aromatic heterocycles. The average molecular weight is 383 g/mol. The summed E-state index contributed by atoms with van der Waals surface area (Å²) in [6.07, 6.45) is 7.52. The van der Waals surface area contributed by atoms with Gasteiger partial charge in [0.15, 0.2) is 0 Å². The van der Waals surface area contributed by atoms with E-state index in [-0.39, 0.29) is 22.6 Å². The van der Waals surface area contributed by atoms with Crippen molar-refractivity contribution in [3.8, 4) is 0 Å². The van der Waals surface area contributed by atoms with Crippen LogP contribution in [0.25, 0.3) is 0 Å². The summed E-state index contributed by atoms with van der Waals surface area (Å²) in [6.45, 7) is 1.73. The molecule has 2 atom stereocenters. The molecule has 0 bridgehead atoms. The predicted octanol–water partition coefficient (Wildman–Crippen LogP) is 2.80. The molecule has 1 saturated heterocycles. The number of aliphatic imine (C=N–C) groups is 2. The van der Waals surface area contributed by atoms with Crippen molar-refractivity contribution in [3.05, 3.63) is 35.4 Å². The van der Waals surface area contributed by atoms with Crippen LogP contribution in [0.5, 0.6) is 0 Å². The molecule has 1 spiro atoms. The molecule has 1 aromatic carbocycles. The Morgan fingerprint density at radius 2 is 2.00 bits per heavy atom. The molecular formula is C21H26N4OS. The van der Waals surface area contributed by atoms with Crippen molar-refractivity contribution in [1.29, 1.82) is 0 Å². The lowest BCUT2D eigenvalue weighted by atomic mass is 9.73. The minimum atomic E-state index is -0.191. The first-order valence-corrected chi connectivity index (χ1v) is 11.1. The molecule has 2 heterocycles. The van der Waals surface area contributed by atoms with Gasteiger partial charge in [-0.1, -0.05) is 24.3 Å². The monoisotopic (exact) mass is 382 g/mol. The Morgan fingerprint density at radius 3 is 2.70 bits per heavy atom. The fourth-order valence-electron chi connectivity index (χ4n) is 4.64. The number of carbonyl (C=O) groups is 1. The summed E-state index contributed by atoms with van der Waals surface area (Å²) in [5.41, 5.74) is 9.50. The first-order valence-electron chi connectivity index (χ1n) is 10.0. The second-order valence-corrected chi connectivity index (χ2v) is 9.60. The zero-order valence-electron chi connectivity index (χ0n) is 15.5. The minimum absolute atomic E-state index is 0.0455. The van der Waals surface area contributed by atoms with E-state index in [1.54, 1.807) is 18.0 Å².